The van der Waals surface area contributed by atoms with Crippen molar-refractivity contribution in [1.82, 2.24) is 10.3 Å². The molecule has 1 aliphatic carbocycles. The quantitative estimate of drug-likeness (QED) is 0.901. The highest BCUT2D eigenvalue weighted by molar-refractivity contribution is 6.30. The van der Waals surface area contributed by atoms with Crippen LogP contribution in [0.25, 0.3) is 0 Å². The third-order valence-corrected chi connectivity index (χ3v) is 3.18. The van der Waals surface area contributed by atoms with E-state index in [1.54, 1.807) is 6.07 Å². The molecule has 0 saturated heterocycles. The van der Waals surface area contributed by atoms with Crippen LogP contribution in [0.4, 0.5) is 0 Å². The van der Waals surface area contributed by atoms with Crippen molar-refractivity contribution in [2.24, 2.45) is 0 Å². The van der Waals surface area contributed by atoms with Gasteiger partial charge >= 0.3 is 0 Å². The second-order valence-corrected chi connectivity index (χ2v) is 5.12. The molecule has 2 aromatic rings. The molecule has 1 aliphatic rings. The number of ether oxygens (including phenoxy) is 1. The second kappa shape index (κ2) is 5.59. The molecule has 0 spiro atoms. The lowest BCUT2D eigenvalue weighted by atomic mass is 10.3. The Kier molecular flexibility index (Phi) is 3.67. The number of hydrogen-bond acceptors (Lipinski definition) is 3. The summed E-state index contributed by atoms with van der Waals surface area (Å²) in [6, 6.07) is 13.8. The lowest BCUT2D eigenvalue weighted by Crippen LogP contribution is -2.16. The molecule has 1 N–H and O–H groups in total. The van der Waals surface area contributed by atoms with Gasteiger partial charge in [0.05, 0.1) is 5.69 Å². The predicted molar refractivity (Wildman–Crippen MR) is 75.6 cm³/mol. The molecule has 0 aliphatic heterocycles. The summed E-state index contributed by atoms with van der Waals surface area (Å²) in [4.78, 5) is 4.47. The zero-order valence-corrected chi connectivity index (χ0v) is 11.2. The minimum atomic E-state index is 0.595. The number of pyridine rings is 1. The number of nitrogens with zero attached hydrogens (tertiary/aromatic N) is 1. The minimum absolute atomic E-state index is 0.595. The Hall–Kier alpha value is -1.58. The van der Waals surface area contributed by atoms with E-state index in [4.69, 9.17) is 16.3 Å². The van der Waals surface area contributed by atoms with Crippen LogP contribution in [-0.4, -0.2) is 11.0 Å². The Labute approximate surface area is 117 Å². The van der Waals surface area contributed by atoms with Gasteiger partial charge in [-0.3, -0.25) is 0 Å². The van der Waals surface area contributed by atoms with E-state index in [-0.39, 0.29) is 0 Å². The van der Waals surface area contributed by atoms with Gasteiger partial charge in [0.2, 0.25) is 5.88 Å². The molecule has 1 saturated carbocycles. The SMILES string of the molecule is Clc1cccc(Oc2cccc(CNC3CC3)n2)c1. The van der Waals surface area contributed by atoms with Crippen molar-refractivity contribution >= 4 is 11.6 Å². The molecule has 19 heavy (non-hydrogen) atoms. The van der Waals surface area contributed by atoms with E-state index in [0.29, 0.717) is 22.7 Å². The van der Waals surface area contributed by atoms with E-state index >= 15 is 0 Å². The van der Waals surface area contributed by atoms with Crippen molar-refractivity contribution in [2.75, 3.05) is 0 Å². The molecule has 1 aromatic carbocycles. The Morgan fingerprint density at radius 1 is 1.21 bits per heavy atom. The third kappa shape index (κ3) is 3.69. The maximum absolute atomic E-state index is 5.92. The van der Waals surface area contributed by atoms with Gasteiger partial charge in [-0.2, -0.15) is 0 Å². The van der Waals surface area contributed by atoms with Gasteiger partial charge < -0.3 is 10.1 Å². The maximum Gasteiger partial charge on any atom is 0.219 e. The largest absolute Gasteiger partial charge is 0.439 e. The van der Waals surface area contributed by atoms with E-state index in [1.807, 2.05) is 36.4 Å². The number of rotatable bonds is 5. The molecule has 1 fully saturated rings. The van der Waals surface area contributed by atoms with E-state index in [1.165, 1.54) is 12.8 Å². The first kappa shape index (κ1) is 12.5. The average Bonchev–Trinajstić information content (AvgIpc) is 3.21. The van der Waals surface area contributed by atoms with Crippen LogP contribution in [0, 0.1) is 0 Å². The van der Waals surface area contributed by atoms with Crippen molar-refractivity contribution in [2.45, 2.75) is 25.4 Å². The Morgan fingerprint density at radius 2 is 2.05 bits per heavy atom. The van der Waals surface area contributed by atoms with Crippen LogP contribution in [0.1, 0.15) is 18.5 Å². The van der Waals surface area contributed by atoms with Crippen LogP contribution in [0.2, 0.25) is 5.02 Å². The summed E-state index contributed by atoms with van der Waals surface area (Å²) in [5.74, 6) is 1.30. The van der Waals surface area contributed by atoms with Crippen LogP contribution >= 0.6 is 11.6 Å². The molecule has 0 unspecified atom stereocenters. The van der Waals surface area contributed by atoms with Gasteiger partial charge in [-0.05, 0) is 37.1 Å². The van der Waals surface area contributed by atoms with Crippen molar-refractivity contribution in [3.8, 4) is 11.6 Å². The standard InChI is InChI=1S/C15H15ClN2O/c16-11-3-1-5-14(9-11)19-15-6-2-4-13(18-15)10-17-12-7-8-12/h1-6,9,12,17H,7-8,10H2. The Bertz CT molecular complexity index is 570. The lowest BCUT2D eigenvalue weighted by molar-refractivity contribution is 0.459. The van der Waals surface area contributed by atoms with Crippen molar-refractivity contribution in [1.29, 1.82) is 0 Å². The van der Waals surface area contributed by atoms with Gasteiger partial charge in [0.1, 0.15) is 5.75 Å². The first-order valence-corrected chi connectivity index (χ1v) is 6.80. The highest BCUT2D eigenvalue weighted by Gasteiger charge is 2.20. The molecule has 1 aromatic heterocycles. The third-order valence-electron chi connectivity index (χ3n) is 2.95. The molecule has 0 atom stereocenters. The molecule has 4 heteroatoms. The summed E-state index contributed by atoms with van der Waals surface area (Å²) in [7, 11) is 0. The summed E-state index contributed by atoms with van der Waals surface area (Å²) in [6.45, 7) is 0.789. The fourth-order valence-corrected chi connectivity index (χ4v) is 1.98. The fourth-order valence-electron chi connectivity index (χ4n) is 1.80. The second-order valence-electron chi connectivity index (χ2n) is 4.68. The normalized spacial score (nSPS) is 14.4. The maximum atomic E-state index is 5.92. The van der Waals surface area contributed by atoms with Gasteiger partial charge in [0.15, 0.2) is 0 Å². The number of benzene rings is 1. The van der Waals surface area contributed by atoms with Gasteiger partial charge in [0, 0.05) is 23.7 Å². The molecule has 1 heterocycles. The van der Waals surface area contributed by atoms with Crippen LogP contribution in [0.3, 0.4) is 0 Å². The van der Waals surface area contributed by atoms with Crippen molar-refractivity contribution in [3.63, 3.8) is 0 Å². The highest BCUT2D eigenvalue weighted by Crippen LogP contribution is 2.23. The van der Waals surface area contributed by atoms with Crippen LogP contribution in [-0.2, 0) is 6.54 Å². The van der Waals surface area contributed by atoms with Gasteiger partial charge in [-0.25, -0.2) is 4.98 Å². The zero-order valence-electron chi connectivity index (χ0n) is 10.5. The van der Waals surface area contributed by atoms with E-state index in [9.17, 15) is 0 Å². The lowest BCUT2D eigenvalue weighted by Gasteiger charge is -2.07. The first-order chi connectivity index (χ1) is 9.29. The fraction of sp³-hybridized carbons (Fsp3) is 0.267. The molecular weight excluding hydrogens is 260 g/mol. The summed E-state index contributed by atoms with van der Waals surface area (Å²) >= 11 is 5.92. The van der Waals surface area contributed by atoms with Crippen LogP contribution < -0.4 is 10.1 Å². The summed E-state index contributed by atoms with van der Waals surface area (Å²) in [5, 5.41) is 4.09. The van der Waals surface area contributed by atoms with E-state index in [2.05, 4.69) is 10.3 Å². The predicted octanol–water partition coefficient (Wildman–Crippen LogP) is 3.78. The van der Waals surface area contributed by atoms with E-state index in [0.717, 1.165) is 12.2 Å². The molecule has 0 amide bonds. The molecule has 3 rings (SSSR count). The highest BCUT2D eigenvalue weighted by atomic mass is 35.5. The van der Waals surface area contributed by atoms with Gasteiger partial charge in [0.25, 0.3) is 0 Å². The van der Waals surface area contributed by atoms with Crippen molar-refractivity contribution < 1.29 is 4.74 Å². The first-order valence-electron chi connectivity index (χ1n) is 6.42. The molecule has 0 bridgehead atoms. The Morgan fingerprint density at radius 3 is 2.84 bits per heavy atom. The topological polar surface area (TPSA) is 34.1 Å². The van der Waals surface area contributed by atoms with Gasteiger partial charge in [-0.15, -0.1) is 0 Å². The molecule has 98 valence electrons. The van der Waals surface area contributed by atoms with Crippen molar-refractivity contribution in [3.05, 3.63) is 53.2 Å². The van der Waals surface area contributed by atoms with Crippen LogP contribution in [0.5, 0.6) is 11.6 Å². The molecule has 0 radical (unpaired) electrons. The Balaban J connectivity index is 1.67. The van der Waals surface area contributed by atoms with Gasteiger partial charge in [-0.1, -0.05) is 23.7 Å². The monoisotopic (exact) mass is 274 g/mol. The van der Waals surface area contributed by atoms with E-state index < -0.39 is 0 Å². The average molecular weight is 275 g/mol. The number of halogens is 1. The number of nitrogens with one attached hydrogen (secondary N) is 1. The summed E-state index contributed by atoms with van der Waals surface area (Å²) in [6.07, 6.45) is 2.55. The van der Waals surface area contributed by atoms with Crippen LogP contribution in [0.15, 0.2) is 42.5 Å². The molecular formula is C15H15ClN2O. The zero-order chi connectivity index (χ0) is 13.1. The smallest absolute Gasteiger partial charge is 0.219 e. The summed E-state index contributed by atoms with van der Waals surface area (Å²) < 4.78 is 5.70. The number of hydrogen-bond donors (Lipinski definition) is 1. The molecule has 3 nitrogen and oxygen atoms in total. The minimum Gasteiger partial charge on any atom is -0.439 e. The number of aromatic nitrogens is 1. The summed E-state index contributed by atoms with van der Waals surface area (Å²) in [5.41, 5.74) is 0.992.